The Hall–Kier alpha value is -12.9. The average molecular weight is 1500 g/mol. The van der Waals surface area contributed by atoms with Gasteiger partial charge in [0, 0.05) is 104 Å². The highest BCUT2D eigenvalue weighted by Gasteiger charge is 2.52. The number of thiophene rings is 2. The van der Waals surface area contributed by atoms with Crippen LogP contribution in [0, 0.1) is 0 Å². The van der Waals surface area contributed by atoms with Gasteiger partial charge in [-0.25, -0.2) is 0 Å². The van der Waals surface area contributed by atoms with Crippen LogP contribution in [0.15, 0.2) is 405 Å². The van der Waals surface area contributed by atoms with Gasteiger partial charge in [-0.15, -0.1) is 22.7 Å². The predicted molar refractivity (Wildman–Crippen MR) is 471 cm³/mol. The van der Waals surface area contributed by atoms with Crippen molar-refractivity contribution in [3.63, 3.8) is 0 Å². The zero-order valence-corrected chi connectivity index (χ0v) is 63.4. The number of rotatable bonds is 7. The Morgan fingerprint density at radius 2 is 0.625 bits per heavy atom. The van der Waals surface area contributed by atoms with E-state index in [9.17, 15) is 0 Å². The van der Waals surface area contributed by atoms with Gasteiger partial charge < -0.3 is 18.6 Å². The van der Waals surface area contributed by atoms with Crippen molar-refractivity contribution in [2.45, 2.75) is 30.4 Å². The summed E-state index contributed by atoms with van der Waals surface area (Å²) in [5, 5.41) is 9.54. The standard InChI is InChI=1S/C55H33NOS2.C49H29NOS2/c1-2-15-34(16-3-1)36-17-5-10-23-46(36)56(35-29-30-39-38-19-6-11-25-48(38)57-49(39)31-35)47-24-14-28-52-54(47)41-32-40-37-18-4-7-20-42(37)55(45(40)33-53(41)59-52)43-21-8-12-26-50(43)58-51-27-13-9-22-44(51)55;1-2-14-30(15-3-1)50(41-23-12-18-33-32-17-5-9-24-42(32)51-48(33)41)40-22-13-27-45-47(40)35-28-34-31-16-4-6-19-36(31)49(39(34)29-46(35)53-45)37-20-7-10-25-43(37)52-44-26-11-8-21-38(44)49/h1-33H;1-29H. The monoisotopic (exact) mass is 1500 g/mol. The minimum absolute atomic E-state index is 0.398. The maximum Gasteiger partial charge on any atom is 0.159 e. The lowest BCUT2D eigenvalue weighted by atomic mass is 9.67. The van der Waals surface area contributed by atoms with Crippen molar-refractivity contribution in [1.82, 2.24) is 0 Å². The Labute approximate surface area is 662 Å². The van der Waals surface area contributed by atoms with Crippen molar-refractivity contribution in [2.24, 2.45) is 0 Å². The van der Waals surface area contributed by atoms with Crippen LogP contribution in [-0.2, 0) is 10.8 Å². The first kappa shape index (κ1) is 64.0. The molecule has 524 valence electrons. The summed E-state index contributed by atoms with van der Waals surface area (Å²) in [7, 11) is 0. The van der Waals surface area contributed by atoms with Gasteiger partial charge in [-0.2, -0.15) is 0 Å². The van der Waals surface area contributed by atoms with Gasteiger partial charge in [0.1, 0.15) is 16.7 Å². The lowest BCUT2D eigenvalue weighted by Crippen LogP contribution is -2.31. The molecule has 2 aliphatic carbocycles. The van der Waals surface area contributed by atoms with Crippen molar-refractivity contribution >= 4 is 165 Å². The Morgan fingerprint density at radius 3 is 1.18 bits per heavy atom. The summed E-state index contributed by atoms with van der Waals surface area (Å²) in [6, 6.07) is 138. The van der Waals surface area contributed by atoms with Crippen LogP contribution in [0.1, 0.15) is 44.5 Å². The van der Waals surface area contributed by atoms with E-state index in [2.05, 4.69) is 374 Å². The molecule has 4 aliphatic rings. The molecule has 2 aliphatic heterocycles. The Kier molecular flexibility index (Phi) is 14.2. The van der Waals surface area contributed by atoms with Gasteiger partial charge in [0.25, 0.3) is 0 Å². The summed E-state index contributed by atoms with van der Waals surface area (Å²) < 4.78 is 18.3. The molecule has 0 bridgehead atoms. The van der Waals surface area contributed by atoms with Crippen molar-refractivity contribution in [3.8, 4) is 33.4 Å². The third-order valence-electron chi connectivity index (χ3n) is 23.9. The van der Waals surface area contributed by atoms with Crippen molar-refractivity contribution in [2.75, 3.05) is 9.80 Å². The van der Waals surface area contributed by atoms with Crippen LogP contribution in [0.25, 0.3) is 118 Å². The van der Waals surface area contributed by atoms with Crippen LogP contribution < -0.4 is 9.80 Å². The van der Waals surface area contributed by atoms with Gasteiger partial charge in [0.15, 0.2) is 5.58 Å². The zero-order valence-electron chi connectivity index (χ0n) is 60.1. The zero-order chi connectivity index (χ0) is 73.3. The minimum atomic E-state index is -0.416. The first-order valence-corrected chi connectivity index (χ1v) is 41.4. The maximum absolute atomic E-state index is 6.67. The van der Waals surface area contributed by atoms with E-state index in [1.165, 1.54) is 138 Å². The van der Waals surface area contributed by atoms with Gasteiger partial charge in [0.05, 0.1) is 33.6 Å². The summed E-state index contributed by atoms with van der Waals surface area (Å²) >= 11 is 7.57. The molecule has 4 nitrogen and oxygen atoms in total. The van der Waals surface area contributed by atoms with Gasteiger partial charge >= 0.3 is 0 Å². The summed E-state index contributed by atoms with van der Waals surface area (Å²) in [5.74, 6) is 0. The van der Waals surface area contributed by atoms with E-state index in [-0.39, 0.29) is 0 Å². The molecule has 6 heterocycles. The van der Waals surface area contributed by atoms with E-state index < -0.39 is 10.8 Å². The molecule has 4 aromatic heterocycles. The summed E-state index contributed by atoms with van der Waals surface area (Å²) in [5.41, 5.74) is 27.8. The van der Waals surface area contributed by atoms with Gasteiger partial charge in [-0.1, -0.05) is 272 Å². The third kappa shape index (κ3) is 9.14. The highest BCUT2D eigenvalue weighted by molar-refractivity contribution is 7.99. The maximum atomic E-state index is 6.67. The van der Waals surface area contributed by atoms with E-state index in [0.717, 1.165) is 78.0 Å². The van der Waals surface area contributed by atoms with Crippen molar-refractivity contribution in [3.05, 3.63) is 421 Å². The van der Waals surface area contributed by atoms with Crippen molar-refractivity contribution in [1.29, 1.82) is 0 Å². The number of benzene rings is 17. The Balaban J connectivity index is 0.000000131. The normalized spacial score (nSPS) is 13.6. The quantitative estimate of drug-likeness (QED) is 0.158. The number of fused-ring (bicyclic) bond motifs is 30. The molecule has 0 atom stereocenters. The number of furan rings is 2. The molecule has 17 aromatic carbocycles. The number of anilines is 6. The molecular weight excluding hydrogens is 1440 g/mol. The molecule has 0 saturated heterocycles. The summed E-state index contributed by atoms with van der Waals surface area (Å²) in [6.45, 7) is 0. The molecular formula is C104H62N2O2S4. The number of hydrogen-bond acceptors (Lipinski definition) is 8. The van der Waals surface area contributed by atoms with Crippen LogP contribution in [0.4, 0.5) is 34.1 Å². The average Bonchev–Trinajstić information content (AvgIpc) is 1.52. The van der Waals surface area contributed by atoms with Crippen LogP contribution >= 0.6 is 46.2 Å². The SMILES string of the molecule is c1ccc(-c2ccccc2N(c2ccc3c(c2)oc2ccccc23)c2cccc3sc4cc5c(cc4c23)-c2ccccc2C52c3ccccc3Sc3ccccc32)cc1.c1ccc(N(c2cccc3c2oc2ccccc23)c2cccc3sc4cc5c(cc4c23)-c2ccccc2C52c3ccccc3Sc3ccccc32)cc1. The lowest BCUT2D eigenvalue weighted by Gasteiger charge is -2.39. The largest absolute Gasteiger partial charge is 0.456 e. The minimum Gasteiger partial charge on any atom is -0.456 e. The summed E-state index contributed by atoms with van der Waals surface area (Å²) in [4.78, 5) is 10.1. The van der Waals surface area contributed by atoms with E-state index in [1.54, 1.807) is 0 Å². The fourth-order valence-electron chi connectivity index (χ4n) is 19.4. The molecule has 0 unspecified atom stereocenters. The lowest BCUT2D eigenvalue weighted by molar-refractivity contribution is 0.668. The third-order valence-corrected chi connectivity index (χ3v) is 28.4. The number of hydrogen-bond donors (Lipinski definition) is 0. The topological polar surface area (TPSA) is 32.8 Å². The highest BCUT2D eigenvalue weighted by Crippen LogP contribution is 2.66. The molecule has 25 rings (SSSR count). The number of nitrogens with zero attached hydrogens (tertiary/aromatic N) is 2. The molecule has 0 N–H and O–H groups in total. The molecule has 0 fully saturated rings. The molecule has 21 aromatic rings. The second-order valence-electron chi connectivity index (χ2n) is 29.5. The Bertz CT molecular complexity index is 7420. The first-order valence-electron chi connectivity index (χ1n) is 38.1. The molecule has 112 heavy (non-hydrogen) atoms. The molecule has 2 spiro atoms. The van der Waals surface area contributed by atoms with Gasteiger partial charge in [0.2, 0.25) is 0 Å². The van der Waals surface area contributed by atoms with E-state index in [0.29, 0.717) is 0 Å². The summed E-state index contributed by atoms with van der Waals surface area (Å²) in [6.07, 6.45) is 0. The van der Waals surface area contributed by atoms with Crippen LogP contribution in [-0.4, -0.2) is 0 Å². The Morgan fingerprint density at radius 1 is 0.223 bits per heavy atom. The second kappa shape index (κ2) is 24.8. The fraction of sp³-hybridized carbons (Fsp3) is 0.0192. The molecule has 0 amide bonds. The highest BCUT2D eigenvalue weighted by atomic mass is 32.2. The van der Waals surface area contributed by atoms with Crippen LogP contribution in [0.3, 0.4) is 0 Å². The molecule has 0 radical (unpaired) electrons. The van der Waals surface area contributed by atoms with E-state index in [1.807, 2.05) is 58.3 Å². The predicted octanol–water partition coefficient (Wildman–Crippen LogP) is 30.2. The van der Waals surface area contributed by atoms with Gasteiger partial charge in [-0.05, 0) is 194 Å². The number of para-hydroxylation sites is 5. The van der Waals surface area contributed by atoms with Crippen LogP contribution in [0.2, 0.25) is 0 Å². The molecule has 0 saturated carbocycles. The van der Waals surface area contributed by atoms with Crippen molar-refractivity contribution < 1.29 is 8.83 Å². The van der Waals surface area contributed by atoms with E-state index >= 15 is 0 Å². The van der Waals surface area contributed by atoms with E-state index in [4.69, 9.17) is 8.83 Å². The first-order chi connectivity index (χ1) is 55.5. The van der Waals surface area contributed by atoms with Crippen LogP contribution in [0.5, 0.6) is 0 Å². The smallest absolute Gasteiger partial charge is 0.159 e. The molecule has 8 heteroatoms. The fourth-order valence-corrected chi connectivity index (χ4v) is 24.0. The second-order valence-corrected chi connectivity index (χ2v) is 33.8. The van der Waals surface area contributed by atoms with Gasteiger partial charge in [-0.3, -0.25) is 0 Å².